The van der Waals surface area contributed by atoms with Crippen LogP contribution in [0.3, 0.4) is 0 Å². The molecule has 2 aromatic rings. The van der Waals surface area contributed by atoms with Crippen LogP contribution in [0.25, 0.3) is 10.9 Å². The number of carbonyl (C=O) groups is 1. The Hall–Kier alpha value is -2.21. The number of fused-ring (bicyclic) bond motifs is 1. The Balaban J connectivity index is 1.36. The Bertz CT molecular complexity index is 743. The zero-order chi connectivity index (χ0) is 17.2. The summed E-state index contributed by atoms with van der Waals surface area (Å²) in [5.41, 5.74) is 1.18. The molecule has 1 aromatic carbocycles. The summed E-state index contributed by atoms with van der Waals surface area (Å²) in [4.78, 5) is 16.4. The molecular weight excluding hydrogens is 318 g/mol. The first-order chi connectivity index (χ1) is 12.2. The predicted octanol–water partition coefficient (Wildman–Crippen LogP) is 2.47. The third kappa shape index (κ3) is 3.31. The Morgan fingerprint density at radius 2 is 1.80 bits per heavy atom. The second-order valence-electron chi connectivity index (χ2n) is 6.80. The summed E-state index contributed by atoms with van der Waals surface area (Å²) in [5.74, 6) is 0.941. The van der Waals surface area contributed by atoms with E-state index in [9.17, 15) is 4.79 Å². The van der Waals surface area contributed by atoms with Crippen molar-refractivity contribution in [1.82, 2.24) is 14.4 Å². The highest BCUT2D eigenvalue weighted by atomic mass is 16.5. The van der Waals surface area contributed by atoms with Crippen LogP contribution in [0.1, 0.15) is 12.8 Å². The molecule has 0 unspecified atom stereocenters. The number of amides is 2. The van der Waals surface area contributed by atoms with Crippen molar-refractivity contribution >= 4 is 16.9 Å². The molecule has 6 heteroatoms. The molecule has 4 rings (SSSR count). The van der Waals surface area contributed by atoms with Gasteiger partial charge in [0.25, 0.3) is 0 Å². The molecular formula is C19H25N3O3. The van der Waals surface area contributed by atoms with E-state index in [0.29, 0.717) is 26.3 Å². The molecule has 1 aromatic heterocycles. The monoisotopic (exact) mass is 343 g/mol. The van der Waals surface area contributed by atoms with Crippen LogP contribution < -0.4 is 4.74 Å². The molecule has 2 aliphatic rings. The number of hydrogen-bond donors (Lipinski definition) is 0. The van der Waals surface area contributed by atoms with Crippen molar-refractivity contribution in [2.75, 3.05) is 39.4 Å². The maximum Gasteiger partial charge on any atom is 0.320 e. The number of rotatable bonds is 2. The fraction of sp³-hybridized carbons (Fsp3) is 0.526. The SMILES string of the molecule is Cn1ccc2c(OC3CCN(C(=O)N4CCOCC4)CC3)cccc21. The lowest BCUT2D eigenvalue weighted by atomic mass is 10.1. The summed E-state index contributed by atoms with van der Waals surface area (Å²) >= 11 is 0. The minimum absolute atomic E-state index is 0.145. The van der Waals surface area contributed by atoms with Gasteiger partial charge in [-0.2, -0.15) is 0 Å². The van der Waals surface area contributed by atoms with Gasteiger partial charge in [-0.15, -0.1) is 0 Å². The quantitative estimate of drug-likeness (QED) is 0.842. The highest BCUT2D eigenvalue weighted by Gasteiger charge is 2.28. The molecule has 0 aliphatic carbocycles. The first-order valence-electron chi connectivity index (χ1n) is 9.04. The maximum atomic E-state index is 12.5. The van der Waals surface area contributed by atoms with E-state index in [4.69, 9.17) is 9.47 Å². The third-order valence-corrected chi connectivity index (χ3v) is 5.18. The summed E-state index contributed by atoms with van der Waals surface area (Å²) in [5, 5.41) is 1.15. The number of aryl methyl sites for hydroxylation is 1. The van der Waals surface area contributed by atoms with E-state index in [2.05, 4.69) is 22.9 Å². The largest absolute Gasteiger partial charge is 0.490 e. The highest BCUT2D eigenvalue weighted by molar-refractivity contribution is 5.86. The first kappa shape index (κ1) is 16.3. The number of carbonyl (C=O) groups excluding carboxylic acids is 1. The van der Waals surface area contributed by atoms with Crippen molar-refractivity contribution in [2.24, 2.45) is 7.05 Å². The second-order valence-corrected chi connectivity index (χ2v) is 6.80. The van der Waals surface area contributed by atoms with Crippen LogP contribution in [-0.2, 0) is 11.8 Å². The zero-order valence-corrected chi connectivity index (χ0v) is 14.7. The predicted molar refractivity (Wildman–Crippen MR) is 95.9 cm³/mol. The lowest BCUT2D eigenvalue weighted by Crippen LogP contribution is -2.51. The van der Waals surface area contributed by atoms with Crippen molar-refractivity contribution < 1.29 is 14.3 Å². The molecule has 0 spiro atoms. The van der Waals surface area contributed by atoms with Gasteiger partial charge in [-0.05, 0) is 18.2 Å². The number of nitrogens with zero attached hydrogens (tertiary/aromatic N) is 3. The molecule has 0 N–H and O–H groups in total. The van der Waals surface area contributed by atoms with Crippen LogP contribution in [0.2, 0.25) is 0 Å². The van der Waals surface area contributed by atoms with Gasteiger partial charge in [-0.25, -0.2) is 4.79 Å². The molecule has 0 radical (unpaired) electrons. The Morgan fingerprint density at radius 3 is 2.56 bits per heavy atom. The van der Waals surface area contributed by atoms with Crippen LogP contribution in [0, 0.1) is 0 Å². The summed E-state index contributed by atoms with van der Waals surface area (Å²) < 4.78 is 13.7. The van der Waals surface area contributed by atoms with Gasteiger partial charge in [0.05, 0.1) is 18.7 Å². The lowest BCUT2D eigenvalue weighted by Gasteiger charge is -2.37. The summed E-state index contributed by atoms with van der Waals surface area (Å²) in [6, 6.07) is 8.42. The van der Waals surface area contributed by atoms with Gasteiger partial charge in [0.1, 0.15) is 11.9 Å². The van der Waals surface area contributed by atoms with Crippen molar-refractivity contribution in [3.63, 3.8) is 0 Å². The minimum Gasteiger partial charge on any atom is -0.490 e. The standard InChI is InChI=1S/C19H25N3O3/c1-20-8-7-16-17(20)3-2-4-18(16)25-15-5-9-21(10-6-15)19(23)22-11-13-24-14-12-22/h2-4,7-8,15H,5-6,9-14H2,1H3. The van der Waals surface area contributed by atoms with E-state index in [-0.39, 0.29) is 12.1 Å². The third-order valence-electron chi connectivity index (χ3n) is 5.18. The van der Waals surface area contributed by atoms with Crippen LogP contribution in [0.5, 0.6) is 5.75 Å². The molecule has 134 valence electrons. The Morgan fingerprint density at radius 1 is 1.08 bits per heavy atom. The average molecular weight is 343 g/mol. The summed E-state index contributed by atoms with van der Waals surface area (Å²) in [6.07, 6.45) is 3.97. The van der Waals surface area contributed by atoms with E-state index < -0.39 is 0 Å². The molecule has 25 heavy (non-hydrogen) atoms. The lowest BCUT2D eigenvalue weighted by molar-refractivity contribution is 0.0361. The number of piperidine rings is 1. The smallest absolute Gasteiger partial charge is 0.320 e. The van der Waals surface area contributed by atoms with Crippen LogP contribution in [-0.4, -0.2) is 65.9 Å². The first-order valence-corrected chi connectivity index (χ1v) is 9.04. The van der Waals surface area contributed by atoms with Gasteiger partial charge in [0.15, 0.2) is 0 Å². The molecule has 0 atom stereocenters. The number of hydrogen-bond acceptors (Lipinski definition) is 3. The van der Waals surface area contributed by atoms with Crippen LogP contribution >= 0.6 is 0 Å². The fourth-order valence-corrected chi connectivity index (χ4v) is 3.68. The second kappa shape index (κ2) is 6.96. The summed E-state index contributed by atoms with van der Waals surface area (Å²) in [6.45, 7) is 4.20. The zero-order valence-electron chi connectivity index (χ0n) is 14.7. The maximum absolute atomic E-state index is 12.5. The topological polar surface area (TPSA) is 46.9 Å². The molecule has 0 bridgehead atoms. The highest BCUT2D eigenvalue weighted by Crippen LogP contribution is 2.28. The Kier molecular flexibility index (Phi) is 4.53. The van der Waals surface area contributed by atoms with Crippen molar-refractivity contribution in [1.29, 1.82) is 0 Å². The number of ether oxygens (including phenoxy) is 2. The molecule has 3 heterocycles. The van der Waals surface area contributed by atoms with E-state index in [0.717, 1.165) is 37.1 Å². The van der Waals surface area contributed by atoms with Gasteiger partial charge in [-0.1, -0.05) is 6.07 Å². The molecule has 0 saturated carbocycles. The number of urea groups is 1. The molecule has 6 nitrogen and oxygen atoms in total. The van der Waals surface area contributed by atoms with E-state index in [1.165, 1.54) is 5.52 Å². The van der Waals surface area contributed by atoms with E-state index in [1.807, 2.05) is 29.0 Å². The van der Waals surface area contributed by atoms with E-state index >= 15 is 0 Å². The van der Waals surface area contributed by atoms with Crippen molar-refractivity contribution in [3.05, 3.63) is 30.5 Å². The Labute approximate surface area is 147 Å². The number of aromatic nitrogens is 1. The molecule has 2 saturated heterocycles. The minimum atomic E-state index is 0.145. The van der Waals surface area contributed by atoms with E-state index in [1.54, 1.807) is 0 Å². The van der Waals surface area contributed by atoms with Gasteiger partial charge >= 0.3 is 6.03 Å². The van der Waals surface area contributed by atoms with Gasteiger partial charge in [0.2, 0.25) is 0 Å². The fourth-order valence-electron chi connectivity index (χ4n) is 3.68. The molecule has 2 amide bonds. The van der Waals surface area contributed by atoms with Gasteiger partial charge in [-0.3, -0.25) is 0 Å². The normalized spacial score (nSPS) is 19.4. The molecule has 2 fully saturated rings. The summed E-state index contributed by atoms with van der Waals surface area (Å²) in [7, 11) is 2.04. The molecule has 2 aliphatic heterocycles. The van der Waals surface area contributed by atoms with Crippen LogP contribution in [0.4, 0.5) is 4.79 Å². The average Bonchev–Trinajstić information content (AvgIpc) is 3.05. The van der Waals surface area contributed by atoms with Gasteiger partial charge in [0, 0.05) is 57.7 Å². The number of benzene rings is 1. The van der Waals surface area contributed by atoms with Crippen LogP contribution in [0.15, 0.2) is 30.5 Å². The number of likely N-dealkylation sites (tertiary alicyclic amines) is 1. The van der Waals surface area contributed by atoms with Crippen molar-refractivity contribution in [3.8, 4) is 5.75 Å². The number of morpholine rings is 1. The van der Waals surface area contributed by atoms with Gasteiger partial charge < -0.3 is 23.8 Å². The van der Waals surface area contributed by atoms with Crippen molar-refractivity contribution in [2.45, 2.75) is 18.9 Å².